The van der Waals surface area contributed by atoms with Gasteiger partial charge in [-0.25, -0.2) is 9.97 Å². The van der Waals surface area contributed by atoms with Crippen LogP contribution in [0.3, 0.4) is 0 Å². The summed E-state index contributed by atoms with van der Waals surface area (Å²) in [5.41, 5.74) is 3.12. The Hall–Kier alpha value is -1.84. The molecule has 0 aromatic carbocycles. The summed E-state index contributed by atoms with van der Waals surface area (Å²) in [4.78, 5) is 9.10. The molecular weight excluding hydrogens is 214 g/mol. The molecule has 2 aromatic rings. The molecule has 0 aliphatic heterocycles. The van der Waals surface area contributed by atoms with Gasteiger partial charge >= 0.3 is 0 Å². The summed E-state index contributed by atoms with van der Waals surface area (Å²) in [5, 5.41) is 3.27. The average Bonchev–Trinajstić information content (AvgIpc) is 2.85. The fraction of sp³-hybridized carbons (Fsp3) is 0.385. The zero-order valence-corrected chi connectivity index (χ0v) is 10.4. The lowest BCUT2D eigenvalue weighted by Crippen LogP contribution is -2.07. The summed E-state index contributed by atoms with van der Waals surface area (Å²) in [6.45, 7) is 7.07. The number of aromatic nitrogens is 2. The number of anilines is 1. The third kappa shape index (κ3) is 2.30. The van der Waals surface area contributed by atoms with Crippen LogP contribution in [0.5, 0.6) is 0 Å². The average molecular weight is 231 g/mol. The van der Waals surface area contributed by atoms with Gasteiger partial charge in [0.25, 0.3) is 0 Å². The SMILES string of the molecule is CCNc1nc(-c2ccoc2)nc(CC)c1C. The van der Waals surface area contributed by atoms with Crippen molar-refractivity contribution in [3.63, 3.8) is 0 Å². The number of furan rings is 1. The van der Waals surface area contributed by atoms with Gasteiger partial charge in [0.05, 0.1) is 11.8 Å². The van der Waals surface area contributed by atoms with Crippen LogP contribution in [0.1, 0.15) is 25.1 Å². The second-order valence-electron chi connectivity index (χ2n) is 3.86. The molecule has 0 atom stereocenters. The highest BCUT2D eigenvalue weighted by molar-refractivity contribution is 5.58. The summed E-state index contributed by atoms with van der Waals surface area (Å²) in [5.74, 6) is 1.63. The van der Waals surface area contributed by atoms with Crippen LogP contribution in [-0.2, 0) is 6.42 Å². The summed E-state index contributed by atoms with van der Waals surface area (Å²) in [6.07, 6.45) is 4.20. The minimum atomic E-state index is 0.720. The van der Waals surface area contributed by atoms with Gasteiger partial charge in [0.15, 0.2) is 5.82 Å². The Bertz CT molecular complexity index is 492. The van der Waals surface area contributed by atoms with Gasteiger partial charge in [0.1, 0.15) is 12.1 Å². The Balaban J connectivity index is 2.50. The molecule has 4 heteroatoms. The van der Waals surface area contributed by atoms with Gasteiger partial charge in [-0.05, 0) is 26.3 Å². The molecule has 17 heavy (non-hydrogen) atoms. The van der Waals surface area contributed by atoms with Crippen molar-refractivity contribution in [2.24, 2.45) is 0 Å². The Kier molecular flexibility index (Phi) is 3.42. The van der Waals surface area contributed by atoms with E-state index in [1.165, 1.54) is 0 Å². The van der Waals surface area contributed by atoms with Crippen LogP contribution >= 0.6 is 0 Å². The molecule has 0 unspecified atom stereocenters. The molecule has 0 aliphatic rings. The van der Waals surface area contributed by atoms with E-state index in [1.807, 2.05) is 6.07 Å². The van der Waals surface area contributed by atoms with E-state index in [2.05, 4.69) is 36.1 Å². The normalized spacial score (nSPS) is 10.5. The number of nitrogens with zero attached hydrogens (tertiary/aromatic N) is 2. The number of hydrogen-bond acceptors (Lipinski definition) is 4. The second kappa shape index (κ2) is 4.99. The van der Waals surface area contributed by atoms with Crippen molar-refractivity contribution in [1.82, 2.24) is 9.97 Å². The Morgan fingerprint density at radius 2 is 2.12 bits per heavy atom. The van der Waals surface area contributed by atoms with Crippen molar-refractivity contribution in [1.29, 1.82) is 0 Å². The predicted molar refractivity (Wildman–Crippen MR) is 68.0 cm³/mol. The zero-order chi connectivity index (χ0) is 12.3. The highest BCUT2D eigenvalue weighted by Crippen LogP contribution is 2.22. The first-order valence-corrected chi connectivity index (χ1v) is 5.90. The second-order valence-corrected chi connectivity index (χ2v) is 3.86. The van der Waals surface area contributed by atoms with Crippen molar-refractivity contribution in [2.75, 3.05) is 11.9 Å². The van der Waals surface area contributed by atoms with Gasteiger partial charge in [-0.2, -0.15) is 0 Å². The molecule has 0 saturated heterocycles. The highest BCUT2D eigenvalue weighted by Gasteiger charge is 2.11. The fourth-order valence-corrected chi connectivity index (χ4v) is 1.77. The maximum Gasteiger partial charge on any atom is 0.165 e. The molecule has 0 aliphatic carbocycles. The van der Waals surface area contributed by atoms with Gasteiger partial charge in [-0.15, -0.1) is 0 Å². The topological polar surface area (TPSA) is 51.0 Å². The lowest BCUT2D eigenvalue weighted by Gasteiger charge is -2.11. The Morgan fingerprint density at radius 1 is 1.29 bits per heavy atom. The first-order chi connectivity index (χ1) is 8.26. The highest BCUT2D eigenvalue weighted by atomic mass is 16.3. The van der Waals surface area contributed by atoms with E-state index in [-0.39, 0.29) is 0 Å². The van der Waals surface area contributed by atoms with Crippen molar-refractivity contribution in [2.45, 2.75) is 27.2 Å². The van der Waals surface area contributed by atoms with E-state index < -0.39 is 0 Å². The summed E-state index contributed by atoms with van der Waals surface area (Å²) >= 11 is 0. The van der Waals surface area contributed by atoms with Gasteiger partial charge in [0.2, 0.25) is 0 Å². The molecule has 2 heterocycles. The first kappa shape index (κ1) is 11.6. The van der Waals surface area contributed by atoms with Gasteiger partial charge in [-0.1, -0.05) is 6.92 Å². The molecule has 2 aromatic heterocycles. The fourth-order valence-electron chi connectivity index (χ4n) is 1.77. The van der Waals surface area contributed by atoms with Gasteiger partial charge < -0.3 is 9.73 Å². The maximum absolute atomic E-state index is 5.07. The molecule has 0 saturated carbocycles. The van der Waals surface area contributed by atoms with Crippen molar-refractivity contribution >= 4 is 5.82 Å². The van der Waals surface area contributed by atoms with E-state index in [4.69, 9.17) is 4.42 Å². The van der Waals surface area contributed by atoms with Crippen molar-refractivity contribution in [3.8, 4) is 11.4 Å². The zero-order valence-electron chi connectivity index (χ0n) is 10.4. The van der Waals surface area contributed by atoms with Gasteiger partial charge in [-0.3, -0.25) is 0 Å². The summed E-state index contributed by atoms with van der Waals surface area (Å²) in [6, 6.07) is 1.87. The molecule has 0 bridgehead atoms. The smallest absolute Gasteiger partial charge is 0.165 e. The van der Waals surface area contributed by atoms with Crippen LogP contribution in [0, 0.1) is 6.92 Å². The molecule has 0 spiro atoms. The Morgan fingerprint density at radius 3 is 2.71 bits per heavy atom. The third-order valence-electron chi connectivity index (χ3n) is 2.71. The van der Waals surface area contributed by atoms with E-state index in [1.54, 1.807) is 12.5 Å². The summed E-state index contributed by atoms with van der Waals surface area (Å²) in [7, 11) is 0. The van der Waals surface area contributed by atoms with Crippen LogP contribution in [0.15, 0.2) is 23.0 Å². The molecule has 0 fully saturated rings. The van der Waals surface area contributed by atoms with Gasteiger partial charge in [0, 0.05) is 17.8 Å². The predicted octanol–water partition coefficient (Wildman–Crippen LogP) is 3.04. The number of aryl methyl sites for hydroxylation is 1. The molecule has 1 N–H and O–H groups in total. The van der Waals surface area contributed by atoms with E-state index >= 15 is 0 Å². The monoisotopic (exact) mass is 231 g/mol. The molecule has 2 rings (SSSR count). The minimum Gasteiger partial charge on any atom is -0.472 e. The lowest BCUT2D eigenvalue weighted by molar-refractivity contribution is 0.568. The standard InChI is InChI=1S/C13H17N3O/c1-4-11-9(3)12(14-5-2)16-13(15-11)10-6-7-17-8-10/h6-8H,4-5H2,1-3H3,(H,14,15,16). The molecule has 0 radical (unpaired) electrons. The number of rotatable bonds is 4. The van der Waals surface area contributed by atoms with Crippen LogP contribution in [0.25, 0.3) is 11.4 Å². The summed E-state index contributed by atoms with van der Waals surface area (Å²) < 4.78 is 5.07. The van der Waals surface area contributed by atoms with Crippen LogP contribution in [0.2, 0.25) is 0 Å². The first-order valence-electron chi connectivity index (χ1n) is 5.90. The van der Waals surface area contributed by atoms with Crippen LogP contribution < -0.4 is 5.32 Å². The van der Waals surface area contributed by atoms with E-state index in [0.717, 1.165) is 41.4 Å². The molecular formula is C13H17N3O. The lowest BCUT2D eigenvalue weighted by atomic mass is 10.1. The Labute approximate surface area is 101 Å². The van der Waals surface area contributed by atoms with Crippen molar-refractivity contribution < 1.29 is 4.42 Å². The number of hydrogen-bond donors (Lipinski definition) is 1. The minimum absolute atomic E-state index is 0.720. The molecule has 4 nitrogen and oxygen atoms in total. The number of nitrogens with one attached hydrogen (secondary N) is 1. The van der Waals surface area contributed by atoms with Crippen LogP contribution in [-0.4, -0.2) is 16.5 Å². The van der Waals surface area contributed by atoms with Crippen LogP contribution in [0.4, 0.5) is 5.82 Å². The molecule has 0 amide bonds. The molecule has 90 valence electrons. The van der Waals surface area contributed by atoms with Crippen molar-refractivity contribution in [3.05, 3.63) is 29.9 Å². The van der Waals surface area contributed by atoms with E-state index in [9.17, 15) is 0 Å². The quantitative estimate of drug-likeness (QED) is 0.878. The largest absolute Gasteiger partial charge is 0.472 e. The van der Waals surface area contributed by atoms with E-state index in [0.29, 0.717) is 0 Å². The maximum atomic E-state index is 5.07. The third-order valence-corrected chi connectivity index (χ3v) is 2.71.